The number of allylic oxidation sites excluding steroid dienone is 1. The van der Waals surface area contributed by atoms with Gasteiger partial charge in [-0.2, -0.15) is 0 Å². The van der Waals surface area contributed by atoms with Crippen LogP contribution in [0.15, 0.2) is 35.9 Å². The first-order valence-corrected chi connectivity index (χ1v) is 10.7. The van der Waals surface area contributed by atoms with Crippen LogP contribution in [0, 0.1) is 12.8 Å². The van der Waals surface area contributed by atoms with Crippen LogP contribution in [0.4, 0.5) is 5.69 Å². The quantitative estimate of drug-likeness (QED) is 0.259. The maximum absolute atomic E-state index is 12.7. The molecule has 1 aromatic rings. The van der Waals surface area contributed by atoms with E-state index in [0.717, 1.165) is 18.4 Å². The summed E-state index contributed by atoms with van der Waals surface area (Å²) in [6.45, 7) is 6.09. The number of carbonyl (C=O) groups is 2. The molecule has 1 aliphatic heterocycles. The third kappa shape index (κ3) is 6.05. The van der Waals surface area contributed by atoms with Gasteiger partial charge >= 0.3 is 0 Å². The van der Waals surface area contributed by atoms with Gasteiger partial charge in [0.15, 0.2) is 0 Å². The molecule has 0 radical (unpaired) electrons. The van der Waals surface area contributed by atoms with E-state index >= 15 is 0 Å². The van der Waals surface area contributed by atoms with E-state index < -0.39 is 0 Å². The number of aryl methyl sites for hydroxylation is 1. The molecule has 3 nitrogen and oxygen atoms in total. The highest BCUT2D eigenvalue weighted by Gasteiger charge is 2.40. The third-order valence-electron chi connectivity index (χ3n) is 5.47. The summed E-state index contributed by atoms with van der Waals surface area (Å²) in [6.07, 6.45) is 14.5. The molecule has 2 amide bonds. The van der Waals surface area contributed by atoms with E-state index in [4.69, 9.17) is 0 Å². The molecule has 0 N–H and O–H groups in total. The molecule has 148 valence electrons. The summed E-state index contributed by atoms with van der Waals surface area (Å²) in [4.78, 5) is 26.6. The molecule has 1 atom stereocenters. The van der Waals surface area contributed by atoms with Gasteiger partial charge in [-0.1, -0.05) is 82.1 Å². The number of benzene rings is 1. The maximum Gasteiger partial charge on any atom is 0.261 e. The van der Waals surface area contributed by atoms with Crippen LogP contribution in [0.5, 0.6) is 0 Å². The zero-order chi connectivity index (χ0) is 19.6. The summed E-state index contributed by atoms with van der Waals surface area (Å²) in [5.41, 5.74) is 2.46. The molecule has 1 heterocycles. The van der Waals surface area contributed by atoms with Crippen LogP contribution in [0.3, 0.4) is 0 Å². The van der Waals surface area contributed by atoms with Crippen LogP contribution in [0.2, 0.25) is 0 Å². The lowest BCUT2D eigenvalue weighted by Gasteiger charge is -2.13. The van der Waals surface area contributed by atoms with Gasteiger partial charge in [0.2, 0.25) is 5.91 Å². The van der Waals surface area contributed by atoms with Crippen molar-refractivity contribution in [2.75, 3.05) is 4.90 Å². The van der Waals surface area contributed by atoms with E-state index in [1.54, 1.807) is 0 Å². The van der Waals surface area contributed by atoms with Gasteiger partial charge in [0, 0.05) is 5.57 Å². The number of nitrogens with zero attached hydrogens (tertiary/aromatic N) is 1. The Balaban J connectivity index is 1.78. The Labute approximate surface area is 164 Å². The minimum absolute atomic E-state index is 0.109. The highest BCUT2D eigenvalue weighted by atomic mass is 16.2. The zero-order valence-electron chi connectivity index (χ0n) is 17.3. The number of anilines is 1. The molecule has 1 aromatic carbocycles. The molecule has 1 unspecified atom stereocenters. The second kappa shape index (κ2) is 11.1. The third-order valence-corrected chi connectivity index (χ3v) is 5.47. The van der Waals surface area contributed by atoms with Gasteiger partial charge in [0.1, 0.15) is 0 Å². The monoisotopic (exact) mass is 369 g/mol. The maximum atomic E-state index is 12.7. The summed E-state index contributed by atoms with van der Waals surface area (Å²) >= 11 is 0. The molecule has 1 aliphatic rings. The second-order valence-electron chi connectivity index (χ2n) is 7.81. The van der Waals surface area contributed by atoms with Gasteiger partial charge in [-0.05, 0) is 38.8 Å². The van der Waals surface area contributed by atoms with E-state index in [1.165, 1.54) is 56.3 Å². The molecule has 0 aromatic heterocycles. The number of imide groups is 1. The lowest BCUT2D eigenvalue weighted by molar-refractivity contribution is -0.122. The van der Waals surface area contributed by atoms with Crippen LogP contribution in [-0.2, 0) is 9.59 Å². The topological polar surface area (TPSA) is 37.4 Å². The Hall–Kier alpha value is -1.90. The second-order valence-corrected chi connectivity index (χ2v) is 7.81. The van der Waals surface area contributed by atoms with Crippen LogP contribution >= 0.6 is 0 Å². The standard InChI is InChI=1S/C24H35NO2/c1-4-5-6-7-8-9-10-11-12-13-14-22-20(3)23(26)25(24(22)27)21-17-15-19(2)16-18-21/h14-18,20H,4-13H2,1-3H3/b22-14+. The predicted octanol–water partition coefficient (Wildman–Crippen LogP) is 6.35. The van der Waals surface area contributed by atoms with Crippen molar-refractivity contribution in [3.05, 3.63) is 41.5 Å². The van der Waals surface area contributed by atoms with Gasteiger partial charge in [0.05, 0.1) is 11.6 Å². The molecule has 2 rings (SSSR count). The summed E-state index contributed by atoms with van der Waals surface area (Å²) in [6, 6.07) is 7.57. The number of amides is 2. The summed E-state index contributed by atoms with van der Waals surface area (Å²) in [5.74, 6) is -0.591. The summed E-state index contributed by atoms with van der Waals surface area (Å²) in [5, 5.41) is 0. The lowest BCUT2D eigenvalue weighted by Crippen LogP contribution is -2.30. The van der Waals surface area contributed by atoms with E-state index in [0.29, 0.717) is 11.3 Å². The first-order valence-electron chi connectivity index (χ1n) is 10.7. The van der Waals surface area contributed by atoms with E-state index in [-0.39, 0.29) is 17.7 Å². The normalized spacial score (nSPS) is 18.7. The van der Waals surface area contributed by atoms with E-state index in [2.05, 4.69) is 6.92 Å². The van der Waals surface area contributed by atoms with Crippen LogP contribution < -0.4 is 4.90 Å². The van der Waals surface area contributed by atoms with Gasteiger partial charge < -0.3 is 0 Å². The minimum Gasteiger partial charge on any atom is -0.273 e. The molecular formula is C24H35NO2. The van der Waals surface area contributed by atoms with E-state index in [1.807, 2.05) is 44.2 Å². The molecule has 3 heteroatoms. The van der Waals surface area contributed by atoms with Gasteiger partial charge in [-0.3, -0.25) is 9.59 Å². The van der Waals surface area contributed by atoms with Gasteiger partial charge in [0.25, 0.3) is 5.91 Å². The summed E-state index contributed by atoms with van der Waals surface area (Å²) in [7, 11) is 0. The molecule has 0 bridgehead atoms. The Morgan fingerprint density at radius 3 is 2.04 bits per heavy atom. The van der Waals surface area contributed by atoms with Crippen LogP contribution in [0.25, 0.3) is 0 Å². The van der Waals surface area contributed by atoms with Crippen LogP contribution in [0.1, 0.15) is 83.6 Å². The van der Waals surface area contributed by atoms with Crippen molar-refractivity contribution in [1.29, 1.82) is 0 Å². The average Bonchev–Trinajstić information content (AvgIpc) is 2.87. The van der Waals surface area contributed by atoms with Gasteiger partial charge in [-0.25, -0.2) is 4.90 Å². The summed E-state index contributed by atoms with van der Waals surface area (Å²) < 4.78 is 0. The average molecular weight is 370 g/mol. The van der Waals surface area contributed by atoms with Crippen molar-refractivity contribution in [1.82, 2.24) is 0 Å². The largest absolute Gasteiger partial charge is 0.273 e. The van der Waals surface area contributed by atoms with Crippen molar-refractivity contribution in [2.24, 2.45) is 5.92 Å². The highest BCUT2D eigenvalue weighted by molar-refractivity contribution is 6.29. The van der Waals surface area contributed by atoms with Crippen LogP contribution in [-0.4, -0.2) is 11.8 Å². The minimum atomic E-state index is -0.336. The zero-order valence-corrected chi connectivity index (χ0v) is 17.3. The number of carbonyl (C=O) groups excluding carboxylic acids is 2. The van der Waals surface area contributed by atoms with E-state index in [9.17, 15) is 9.59 Å². The van der Waals surface area contributed by atoms with Crippen molar-refractivity contribution >= 4 is 17.5 Å². The van der Waals surface area contributed by atoms with Gasteiger partial charge in [-0.15, -0.1) is 0 Å². The fraction of sp³-hybridized carbons (Fsp3) is 0.583. The molecule has 0 aliphatic carbocycles. The van der Waals surface area contributed by atoms with Crippen molar-refractivity contribution in [3.8, 4) is 0 Å². The first kappa shape index (κ1) is 21.4. The number of hydrogen-bond acceptors (Lipinski definition) is 2. The molecule has 1 fully saturated rings. The fourth-order valence-electron chi connectivity index (χ4n) is 3.66. The Morgan fingerprint density at radius 2 is 1.44 bits per heavy atom. The fourth-order valence-corrected chi connectivity index (χ4v) is 3.66. The lowest BCUT2D eigenvalue weighted by atomic mass is 10.0. The molecule has 27 heavy (non-hydrogen) atoms. The highest BCUT2D eigenvalue weighted by Crippen LogP contribution is 2.31. The molecule has 0 saturated carbocycles. The number of unbranched alkanes of at least 4 members (excludes halogenated alkanes) is 9. The number of hydrogen-bond donors (Lipinski definition) is 0. The molecular weight excluding hydrogens is 334 g/mol. The van der Waals surface area contributed by atoms with Crippen molar-refractivity contribution < 1.29 is 9.59 Å². The van der Waals surface area contributed by atoms with Crippen molar-refractivity contribution in [3.63, 3.8) is 0 Å². The first-order chi connectivity index (χ1) is 13.1. The molecule has 1 saturated heterocycles. The Kier molecular flexibility index (Phi) is 8.77. The smallest absolute Gasteiger partial charge is 0.261 e. The van der Waals surface area contributed by atoms with Crippen molar-refractivity contribution in [2.45, 2.75) is 85.0 Å². The predicted molar refractivity (Wildman–Crippen MR) is 113 cm³/mol. The Bertz CT molecular complexity index is 645. The Morgan fingerprint density at radius 1 is 0.889 bits per heavy atom. The SMILES string of the molecule is CCCCCCCCCCC/C=C1/C(=O)N(c2ccc(C)cc2)C(=O)C1C. The number of rotatable bonds is 11. The molecule has 0 spiro atoms.